The van der Waals surface area contributed by atoms with E-state index in [-0.39, 0.29) is 23.8 Å². The molecule has 7 heteroatoms. The average molecular weight is 282 g/mol. The summed E-state index contributed by atoms with van der Waals surface area (Å²) in [5.74, 6) is -0.0380. The Labute approximate surface area is 122 Å². The first-order chi connectivity index (χ1) is 10.2. The van der Waals surface area contributed by atoms with Crippen LogP contribution in [-0.4, -0.2) is 32.3 Å². The van der Waals surface area contributed by atoms with Crippen LogP contribution >= 0.6 is 0 Å². The predicted octanol–water partition coefficient (Wildman–Crippen LogP) is 1.01. The van der Waals surface area contributed by atoms with Gasteiger partial charge in [0, 0.05) is 25.5 Å². The van der Waals surface area contributed by atoms with Gasteiger partial charge in [-0.05, 0) is 11.6 Å². The van der Waals surface area contributed by atoms with Crippen LogP contribution in [0.5, 0.6) is 0 Å². The standard InChI is InChI=1S/C14H14N6O/c15-4-2-6-20(10-11-3-1-5-17-7-11)14(21)12-8-19-13(16)9-18-12/h1,3,5,7-9H,2,6,10H2,(H2,16,19). The Kier molecular flexibility index (Phi) is 4.77. The first kappa shape index (κ1) is 14.4. The number of nitrogens with zero attached hydrogens (tertiary/aromatic N) is 5. The number of carbonyl (C=O) groups is 1. The molecule has 2 rings (SSSR count). The van der Waals surface area contributed by atoms with Crippen LogP contribution in [-0.2, 0) is 6.54 Å². The lowest BCUT2D eigenvalue weighted by molar-refractivity contribution is 0.0740. The number of nitriles is 1. The lowest BCUT2D eigenvalue weighted by Crippen LogP contribution is -2.32. The lowest BCUT2D eigenvalue weighted by Gasteiger charge is -2.21. The molecule has 0 aromatic carbocycles. The molecule has 0 aliphatic carbocycles. The summed E-state index contributed by atoms with van der Waals surface area (Å²) in [5, 5.41) is 8.73. The second kappa shape index (κ2) is 6.96. The van der Waals surface area contributed by atoms with Crippen LogP contribution in [0.2, 0.25) is 0 Å². The summed E-state index contributed by atoms with van der Waals surface area (Å²) in [5.41, 5.74) is 6.54. The molecule has 2 heterocycles. The molecule has 0 aliphatic rings. The van der Waals surface area contributed by atoms with Crippen molar-refractivity contribution in [3.05, 3.63) is 48.2 Å². The number of hydrogen-bond donors (Lipinski definition) is 1. The molecule has 0 saturated carbocycles. The minimum Gasteiger partial charge on any atom is -0.382 e. The number of nitrogen functional groups attached to an aromatic ring is 1. The zero-order valence-corrected chi connectivity index (χ0v) is 11.3. The van der Waals surface area contributed by atoms with Crippen LogP contribution in [0.4, 0.5) is 5.82 Å². The molecule has 0 saturated heterocycles. The molecule has 0 bridgehead atoms. The van der Waals surface area contributed by atoms with Gasteiger partial charge in [0.05, 0.1) is 24.9 Å². The fourth-order valence-electron chi connectivity index (χ4n) is 1.76. The third-order valence-corrected chi connectivity index (χ3v) is 2.77. The van der Waals surface area contributed by atoms with Crippen molar-refractivity contribution in [2.75, 3.05) is 12.3 Å². The lowest BCUT2D eigenvalue weighted by atomic mass is 10.2. The molecular weight excluding hydrogens is 268 g/mol. The highest BCUT2D eigenvalue weighted by Gasteiger charge is 2.17. The van der Waals surface area contributed by atoms with Crippen molar-refractivity contribution in [1.82, 2.24) is 19.9 Å². The molecule has 0 aliphatic heterocycles. The fraction of sp³-hybridized carbons (Fsp3) is 0.214. The molecule has 0 unspecified atom stereocenters. The third-order valence-electron chi connectivity index (χ3n) is 2.77. The number of aromatic nitrogens is 3. The fourth-order valence-corrected chi connectivity index (χ4v) is 1.76. The number of rotatable bonds is 5. The maximum Gasteiger partial charge on any atom is 0.274 e. The molecule has 0 radical (unpaired) electrons. The van der Waals surface area contributed by atoms with Crippen LogP contribution in [0.15, 0.2) is 36.9 Å². The second-order valence-corrected chi connectivity index (χ2v) is 4.32. The molecule has 0 atom stereocenters. The summed E-state index contributed by atoms with van der Waals surface area (Å²) in [4.78, 5) is 25.8. The van der Waals surface area contributed by atoms with Gasteiger partial charge in [-0.1, -0.05) is 6.07 Å². The van der Waals surface area contributed by atoms with Gasteiger partial charge in [-0.15, -0.1) is 0 Å². The van der Waals surface area contributed by atoms with Crippen molar-refractivity contribution in [1.29, 1.82) is 5.26 Å². The number of nitrogens with two attached hydrogens (primary N) is 1. The molecule has 2 aromatic heterocycles. The SMILES string of the molecule is N#CCCN(Cc1cccnc1)C(=O)c1cnc(N)cn1. The van der Waals surface area contributed by atoms with Crippen LogP contribution in [0.1, 0.15) is 22.5 Å². The number of amides is 1. The van der Waals surface area contributed by atoms with Gasteiger partial charge >= 0.3 is 0 Å². The summed E-state index contributed by atoms with van der Waals surface area (Å²) in [6.07, 6.45) is 6.26. The summed E-state index contributed by atoms with van der Waals surface area (Å²) in [6, 6.07) is 5.70. The van der Waals surface area contributed by atoms with Crippen molar-refractivity contribution < 1.29 is 4.79 Å². The average Bonchev–Trinajstić information content (AvgIpc) is 2.52. The molecule has 2 N–H and O–H groups in total. The number of hydrogen-bond acceptors (Lipinski definition) is 6. The van der Waals surface area contributed by atoms with Gasteiger partial charge in [0.1, 0.15) is 11.5 Å². The summed E-state index contributed by atoms with van der Waals surface area (Å²) in [6.45, 7) is 0.677. The van der Waals surface area contributed by atoms with Crippen molar-refractivity contribution >= 4 is 11.7 Å². The predicted molar refractivity (Wildman–Crippen MR) is 75.7 cm³/mol. The topological polar surface area (TPSA) is 109 Å². The zero-order valence-electron chi connectivity index (χ0n) is 11.3. The van der Waals surface area contributed by atoms with E-state index in [2.05, 4.69) is 15.0 Å². The molecule has 1 amide bonds. The van der Waals surface area contributed by atoms with E-state index in [1.165, 1.54) is 12.4 Å². The molecule has 0 fully saturated rings. The largest absolute Gasteiger partial charge is 0.382 e. The van der Waals surface area contributed by atoms with Gasteiger partial charge in [-0.3, -0.25) is 9.78 Å². The minimum atomic E-state index is -0.290. The Morgan fingerprint density at radius 1 is 1.33 bits per heavy atom. The molecule has 106 valence electrons. The Hall–Kier alpha value is -3.01. The third kappa shape index (κ3) is 3.98. The first-order valence-corrected chi connectivity index (χ1v) is 6.33. The van der Waals surface area contributed by atoms with Gasteiger partial charge in [0.15, 0.2) is 0 Å². The van der Waals surface area contributed by atoms with Gasteiger partial charge in [-0.25, -0.2) is 9.97 Å². The Morgan fingerprint density at radius 2 is 2.19 bits per heavy atom. The molecule has 7 nitrogen and oxygen atoms in total. The molecule has 0 spiro atoms. The highest BCUT2D eigenvalue weighted by atomic mass is 16.2. The Bertz CT molecular complexity index is 635. The van der Waals surface area contributed by atoms with E-state index in [1.807, 2.05) is 12.1 Å². The van der Waals surface area contributed by atoms with Gasteiger partial charge < -0.3 is 10.6 Å². The van der Waals surface area contributed by atoms with Crippen molar-refractivity contribution in [3.8, 4) is 6.07 Å². The van der Waals surface area contributed by atoms with Crippen LogP contribution < -0.4 is 5.73 Å². The van der Waals surface area contributed by atoms with Crippen LogP contribution in [0.25, 0.3) is 0 Å². The van der Waals surface area contributed by atoms with E-state index >= 15 is 0 Å². The molecular formula is C14H14N6O. The summed E-state index contributed by atoms with van der Waals surface area (Å²) >= 11 is 0. The smallest absolute Gasteiger partial charge is 0.274 e. The van der Waals surface area contributed by atoms with Gasteiger partial charge in [0.25, 0.3) is 5.91 Å². The number of carbonyl (C=O) groups excluding carboxylic acids is 1. The van der Waals surface area contributed by atoms with E-state index in [0.29, 0.717) is 13.1 Å². The Morgan fingerprint density at radius 3 is 2.81 bits per heavy atom. The van der Waals surface area contributed by atoms with E-state index in [1.54, 1.807) is 23.4 Å². The summed E-state index contributed by atoms with van der Waals surface area (Å²) < 4.78 is 0. The summed E-state index contributed by atoms with van der Waals surface area (Å²) in [7, 11) is 0. The molecule has 2 aromatic rings. The Balaban J connectivity index is 2.17. The maximum absolute atomic E-state index is 12.4. The normalized spacial score (nSPS) is 9.86. The van der Waals surface area contributed by atoms with Crippen molar-refractivity contribution in [2.45, 2.75) is 13.0 Å². The van der Waals surface area contributed by atoms with Crippen LogP contribution in [0, 0.1) is 11.3 Å². The molecule has 21 heavy (non-hydrogen) atoms. The highest BCUT2D eigenvalue weighted by molar-refractivity contribution is 5.92. The van der Waals surface area contributed by atoms with Crippen molar-refractivity contribution in [2.24, 2.45) is 0 Å². The van der Waals surface area contributed by atoms with E-state index in [4.69, 9.17) is 11.0 Å². The van der Waals surface area contributed by atoms with E-state index in [0.717, 1.165) is 5.56 Å². The van der Waals surface area contributed by atoms with E-state index < -0.39 is 0 Å². The monoisotopic (exact) mass is 282 g/mol. The first-order valence-electron chi connectivity index (χ1n) is 6.33. The van der Waals surface area contributed by atoms with E-state index in [9.17, 15) is 4.79 Å². The maximum atomic E-state index is 12.4. The van der Waals surface area contributed by atoms with Crippen molar-refractivity contribution in [3.63, 3.8) is 0 Å². The van der Waals surface area contributed by atoms with Gasteiger partial charge in [0.2, 0.25) is 0 Å². The zero-order chi connectivity index (χ0) is 15.1. The van der Waals surface area contributed by atoms with Crippen LogP contribution in [0.3, 0.4) is 0 Å². The van der Waals surface area contributed by atoms with Gasteiger partial charge in [-0.2, -0.15) is 5.26 Å². The number of anilines is 1. The highest BCUT2D eigenvalue weighted by Crippen LogP contribution is 2.08. The minimum absolute atomic E-state index is 0.200. The second-order valence-electron chi connectivity index (χ2n) is 4.32. The quantitative estimate of drug-likeness (QED) is 0.876. The number of pyridine rings is 1.